The average molecular weight is 192 g/mol. The maximum atomic E-state index is 5.04. The summed E-state index contributed by atoms with van der Waals surface area (Å²) in [7, 11) is 1.76. The predicted octanol–water partition coefficient (Wildman–Crippen LogP) is 3.22. The van der Waals surface area contributed by atoms with Crippen molar-refractivity contribution >= 4 is 0 Å². The number of benzene rings is 1. The smallest absolute Gasteiger partial charge is 0.0465 e. The summed E-state index contributed by atoms with van der Waals surface area (Å²) < 4.78 is 5.04. The van der Waals surface area contributed by atoms with Gasteiger partial charge < -0.3 is 4.74 Å². The minimum absolute atomic E-state index is 0.859. The molecule has 1 nitrogen and oxygen atoms in total. The number of aryl methyl sites for hydroxylation is 2. The molecular weight excluding hydrogens is 172 g/mol. The van der Waals surface area contributed by atoms with Crippen LogP contribution >= 0.6 is 0 Å². The molecule has 0 aromatic heterocycles. The topological polar surface area (TPSA) is 9.23 Å². The summed E-state index contributed by atoms with van der Waals surface area (Å²) in [6, 6.07) is 8.89. The molecular formula is C13H20O. The molecule has 0 aliphatic heterocycles. The highest BCUT2D eigenvalue weighted by molar-refractivity contribution is 5.23. The van der Waals surface area contributed by atoms with E-state index in [1.54, 1.807) is 7.11 Å². The van der Waals surface area contributed by atoms with E-state index in [0.29, 0.717) is 0 Å². The minimum Gasteiger partial charge on any atom is -0.385 e. The van der Waals surface area contributed by atoms with Gasteiger partial charge in [0.2, 0.25) is 0 Å². The highest BCUT2D eigenvalue weighted by Gasteiger charge is 1.95. The molecule has 0 saturated heterocycles. The van der Waals surface area contributed by atoms with E-state index in [0.717, 1.165) is 19.4 Å². The summed E-state index contributed by atoms with van der Waals surface area (Å²) in [6.45, 7) is 3.08. The summed E-state index contributed by atoms with van der Waals surface area (Å²) in [4.78, 5) is 0. The molecule has 1 aromatic rings. The van der Waals surface area contributed by atoms with E-state index in [2.05, 4.69) is 31.2 Å². The van der Waals surface area contributed by atoms with Gasteiger partial charge in [0.05, 0.1) is 0 Å². The highest BCUT2D eigenvalue weighted by atomic mass is 16.5. The monoisotopic (exact) mass is 192 g/mol. The summed E-state index contributed by atoms with van der Waals surface area (Å²) in [5.74, 6) is 0. The quantitative estimate of drug-likeness (QED) is 0.629. The lowest BCUT2D eigenvalue weighted by molar-refractivity contribution is 0.195. The van der Waals surface area contributed by atoms with Crippen molar-refractivity contribution in [2.75, 3.05) is 13.7 Å². The molecule has 0 saturated carbocycles. The van der Waals surface area contributed by atoms with Gasteiger partial charge in [-0.05, 0) is 30.4 Å². The fourth-order valence-electron chi connectivity index (χ4n) is 1.65. The third-order valence-electron chi connectivity index (χ3n) is 2.34. The molecule has 0 bridgehead atoms. The molecule has 0 amide bonds. The van der Waals surface area contributed by atoms with Crippen LogP contribution in [-0.4, -0.2) is 13.7 Å². The number of rotatable bonds is 6. The van der Waals surface area contributed by atoms with E-state index >= 15 is 0 Å². The Morgan fingerprint density at radius 1 is 1.14 bits per heavy atom. The Bertz CT molecular complexity index is 255. The van der Waals surface area contributed by atoms with Crippen LogP contribution in [0.4, 0.5) is 0 Å². The molecule has 1 aromatic carbocycles. The predicted molar refractivity (Wildman–Crippen MR) is 60.6 cm³/mol. The molecule has 14 heavy (non-hydrogen) atoms. The van der Waals surface area contributed by atoms with E-state index in [9.17, 15) is 0 Å². The Morgan fingerprint density at radius 3 is 2.50 bits per heavy atom. The molecule has 1 rings (SSSR count). The van der Waals surface area contributed by atoms with E-state index in [1.165, 1.54) is 24.0 Å². The van der Waals surface area contributed by atoms with Gasteiger partial charge >= 0.3 is 0 Å². The van der Waals surface area contributed by atoms with Crippen LogP contribution in [0.15, 0.2) is 24.3 Å². The van der Waals surface area contributed by atoms with E-state index in [-0.39, 0.29) is 0 Å². The van der Waals surface area contributed by atoms with Gasteiger partial charge in [-0.25, -0.2) is 0 Å². The SMILES string of the molecule is CCCc1cccc(CCCOC)c1. The van der Waals surface area contributed by atoms with Gasteiger partial charge in [-0.3, -0.25) is 0 Å². The van der Waals surface area contributed by atoms with Crippen LogP contribution < -0.4 is 0 Å². The second kappa shape index (κ2) is 6.61. The lowest BCUT2D eigenvalue weighted by atomic mass is 10.0. The van der Waals surface area contributed by atoms with Gasteiger partial charge in [-0.2, -0.15) is 0 Å². The van der Waals surface area contributed by atoms with Gasteiger partial charge in [-0.1, -0.05) is 37.6 Å². The molecule has 0 heterocycles. The highest BCUT2D eigenvalue weighted by Crippen LogP contribution is 2.09. The Hall–Kier alpha value is -0.820. The van der Waals surface area contributed by atoms with Gasteiger partial charge in [0.1, 0.15) is 0 Å². The first-order valence-corrected chi connectivity index (χ1v) is 5.43. The normalized spacial score (nSPS) is 10.4. The third kappa shape index (κ3) is 3.93. The number of methoxy groups -OCH3 is 1. The lowest BCUT2D eigenvalue weighted by Crippen LogP contribution is -1.93. The van der Waals surface area contributed by atoms with Crippen LogP contribution in [0.5, 0.6) is 0 Å². The van der Waals surface area contributed by atoms with Gasteiger partial charge in [0.25, 0.3) is 0 Å². The number of ether oxygens (including phenoxy) is 1. The summed E-state index contributed by atoms with van der Waals surface area (Å²) >= 11 is 0. The van der Waals surface area contributed by atoms with Crippen molar-refractivity contribution in [3.05, 3.63) is 35.4 Å². The Kier molecular flexibility index (Phi) is 5.31. The molecule has 0 aliphatic carbocycles. The molecule has 0 radical (unpaired) electrons. The van der Waals surface area contributed by atoms with E-state index in [4.69, 9.17) is 4.74 Å². The molecule has 0 spiro atoms. The van der Waals surface area contributed by atoms with Crippen LogP contribution in [0.2, 0.25) is 0 Å². The van der Waals surface area contributed by atoms with E-state index in [1.807, 2.05) is 0 Å². The van der Waals surface area contributed by atoms with Crippen LogP contribution in [0.1, 0.15) is 30.9 Å². The molecule has 0 N–H and O–H groups in total. The van der Waals surface area contributed by atoms with Crippen molar-refractivity contribution in [3.8, 4) is 0 Å². The maximum Gasteiger partial charge on any atom is 0.0465 e. The van der Waals surface area contributed by atoms with Gasteiger partial charge in [0, 0.05) is 13.7 Å². The largest absolute Gasteiger partial charge is 0.385 e. The standard InChI is InChI=1S/C13H20O/c1-3-6-12-7-4-8-13(11-12)9-5-10-14-2/h4,7-8,11H,3,5-6,9-10H2,1-2H3. The third-order valence-corrected chi connectivity index (χ3v) is 2.34. The van der Waals surface area contributed by atoms with Crippen molar-refractivity contribution in [1.82, 2.24) is 0 Å². The Balaban J connectivity index is 2.46. The second-order valence-corrected chi connectivity index (χ2v) is 3.67. The summed E-state index contributed by atoms with van der Waals surface area (Å²) in [5.41, 5.74) is 2.90. The molecule has 1 heteroatoms. The first-order valence-electron chi connectivity index (χ1n) is 5.43. The number of hydrogen-bond acceptors (Lipinski definition) is 1. The Morgan fingerprint density at radius 2 is 1.86 bits per heavy atom. The molecule has 0 aliphatic rings. The van der Waals surface area contributed by atoms with Crippen LogP contribution in [0.25, 0.3) is 0 Å². The van der Waals surface area contributed by atoms with E-state index < -0.39 is 0 Å². The van der Waals surface area contributed by atoms with Crippen molar-refractivity contribution in [2.24, 2.45) is 0 Å². The van der Waals surface area contributed by atoms with Gasteiger partial charge in [-0.15, -0.1) is 0 Å². The molecule has 0 fully saturated rings. The first kappa shape index (κ1) is 11.3. The van der Waals surface area contributed by atoms with Gasteiger partial charge in [0.15, 0.2) is 0 Å². The zero-order valence-electron chi connectivity index (χ0n) is 9.25. The fraction of sp³-hybridized carbons (Fsp3) is 0.538. The zero-order chi connectivity index (χ0) is 10.2. The van der Waals surface area contributed by atoms with Crippen LogP contribution in [-0.2, 0) is 17.6 Å². The lowest BCUT2D eigenvalue weighted by Gasteiger charge is -2.04. The molecule has 0 atom stereocenters. The van der Waals surface area contributed by atoms with Crippen molar-refractivity contribution in [2.45, 2.75) is 32.6 Å². The zero-order valence-corrected chi connectivity index (χ0v) is 9.25. The van der Waals surface area contributed by atoms with Crippen molar-refractivity contribution in [3.63, 3.8) is 0 Å². The molecule has 78 valence electrons. The van der Waals surface area contributed by atoms with Crippen LogP contribution in [0, 0.1) is 0 Å². The number of hydrogen-bond donors (Lipinski definition) is 0. The Labute approximate surface area is 87.1 Å². The molecule has 0 unspecified atom stereocenters. The summed E-state index contributed by atoms with van der Waals surface area (Å²) in [6.07, 6.45) is 4.66. The van der Waals surface area contributed by atoms with Crippen molar-refractivity contribution < 1.29 is 4.74 Å². The van der Waals surface area contributed by atoms with Crippen LogP contribution in [0.3, 0.4) is 0 Å². The average Bonchev–Trinajstić information content (AvgIpc) is 2.19. The maximum absolute atomic E-state index is 5.04. The first-order chi connectivity index (χ1) is 6.86. The minimum atomic E-state index is 0.859. The fourth-order valence-corrected chi connectivity index (χ4v) is 1.65. The summed E-state index contributed by atoms with van der Waals surface area (Å²) in [5, 5.41) is 0. The second-order valence-electron chi connectivity index (χ2n) is 3.67. The van der Waals surface area contributed by atoms with Crippen molar-refractivity contribution in [1.29, 1.82) is 0 Å².